The summed E-state index contributed by atoms with van der Waals surface area (Å²) in [4.78, 5) is 9.64. The molecule has 3 heterocycles. The van der Waals surface area contributed by atoms with Crippen LogP contribution >= 0.6 is 0 Å². The molecule has 1 unspecified atom stereocenters. The van der Waals surface area contributed by atoms with Crippen molar-refractivity contribution in [1.29, 1.82) is 0 Å². The third kappa shape index (κ3) is 3.49. The van der Waals surface area contributed by atoms with Crippen LogP contribution in [-0.2, 0) is 4.74 Å². The SMILES string of the molecule is CC(C)C1CN(C2=CNCC(N3CCOCC3)=N2)CCN1. The molecule has 21 heavy (non-hydrogen) atoms. The molecule has 0 aromatic heterocycles. The van der Waals surface area contributed by atoms with E-state index in [-0.39, 0.29) is 0 Å². The fraction of sp³-hybridized carbons (Fsp3) is 0.800. The van der Waals surface area contributed by atoms with Gasteiger partial charge in [0, 0.05) is 45.0 Å². The maximum absolute atomic E-state index is 5.42. The normalized spacial score (nSPS) is 27.3. The molecule has 2 N–H and O–H groups in total. The average Bonchev–Trinajstić information content (AvgIpc) is 2.56. The lowest BCUT2D eigenvalue weighted by molar-refractivity contribution is 0.0671. The number of morpholine rings is 1. The number of hydrogen-bond donors (Lipinski definition) is 2. The van der Waals surface area contributed by atoms with Crippen LogP contribution in [0.5, 0.6) is 0 Å². The van der Waals surface area contributed by atoms with Gasteiger partial charge in [-0.25, -0.2) is 4.99 Å². The van der Waals surface area contributed by atoms with Gasteiger partial charge in [0.15, 0.2) is 0 Å². The highest BCUT2D eigenvalue weighted by Crippen LogP contribution is 2.16. The van der Waals surface area contributed by atoms with E-state index in [1.54, 1.807) is 0 Å². The van der Waals surface area contributed by atoms with Gasteiger partial charge in [-0.3, -0.25) is 0 Å². The largest absolute Gasteiger partial charge is 0.381 e. The summed E-state index contributed by atoms with van der Waals surface area (Å²) in [5, 5.41) is 6.98. The fourth-order valence-electron chi connectivity index (χ4n) is 3.04. The second kappa shape index (κ2) is 6.66. The Hall–Kier alpha value is -1.27. The van der Waals surface area contributed by atoms with Crippen molar-refractivity contribution in [2.45, 2.75) is 19.9 Å². The third-order valence-corrected chi connectivity index (χ3v) is 4.45. The summed E-state index contributed by atoms with van der Waals surface area (Å²) in [5.74, 6) is 2.87. The predicted molar refractivity (Wildman–Crippen MR) is 84.1 cm³/mol. The zero-order valence-corrected chi connectivity index (χ0v) is 13.1. The monoisotopic (exact) mass is 293 g/mol. The van der Waals surface area contributed by atoms with Gasteiger partial charge >= 0.3 is 0 Å². The Morgan fingerprint density at radius 3 is 2.81 bits per heavy atom. The van der Waals surface area contributed by atoms with Crippen molar-refractivity contribution in [3.63, 3.8) is 0 Å². The van der Waals surface area contributed by atoms with Gasteiger partial charge in [-0.15, -0.1) is 0 Å². The van der Waals surface area contributed by atoms with Crippen LogP contribution in [0.2, 0.25) is 0 Å². The minimum Gasteiger partial charge on any atom is -0.381 e. The minimum absolute atomic E-state index is 0.545. The van der Waals surface area contributed by atoms with E-state index in [1.807, 2.05) is 0 Å². The van der Waals surface area contributed by atoms with Crippen LogP contribution < -0.4 is 10.6 Å². The molecule has 118 valence electrons. The van der Waals surface area contributed by atoms with Gasteiger partial charge in [-0.1, -0.05) is 13.8 Å². The Labute approximate surface area is 127 Å². The Morgan fingerprint density at radius 1 is 1.24 bits per heavy atom. The topological polar surface area (TPSA) is 52.1 Å². The van der Waals surface area contributed by atoms with Crippen molar-refractivity contribution >= 4 is 5.84 Å². The number of nitrogens with zero attached hydrogens (tertiary/aromatic N) is 3. The van der Waals surface area contributed by atoms with Crippen LogP contribution in [0, 0.1) is 5.92 Å². The summed E-state index contributed by atoms with van der Waals surface area (Å²) < 4.78 is 5.42. The van der Waals surface area contributed by atoms with Gasteiger partial charge in [0.1, 0.15) is 11.7 Å². The van der Waals surface area contributed by atoms with Crippen molar-refractivity contribution in [3.05, 3.63) is 12.0 Å². The van der Waals surface area contributed by atoms with Crippen molar-refractivity contribution in [2.75, 3.05) is 52.5 Å². The highest BCUT2D eigenvalue weighted by atomic mass is 16.5. The van der Waals surface area contributed by atoms with E-state index < -0.39 is 0 Å². The van der Waals surface area contributed by atoms with Crippen LogP contribution in [0.4, 0.5) is 0 Å². The highest BCUT2D eigenvalue weighted by molar-refractivity contribution is 5.86. The first-order valence-electron chi connectivity index (χ1n) is 8.06. The van der Waals surface area contributed by atoms with Gasteiger partial charge in [-0.2, -0.15) is 0 Å². The van der Waals surface area contributed by atoms with Crippen molar-refractivity contribution in [3.8, 4) is 0 Å². The summed E-state index contributed by atoms with van der Waals surface area (Å²) in [6, 6.07) is 0.545. The fourth-order valence-corrected chi connectivity index (χ4v) is 3.04. The van der Waals surface area contributed by atoms with Gasteiger partial charge in [0.2, 0.25) is 0 Å². The highest BCUT2D eigenvalue weighted by Gasteiger charge is 2.25. The summed E-state index contributed by atoms with van der Waals surface area (Å²) in [5.41, 5.74) is 0. The molecule has 6 nitrogen and oxygen atoms in total. The number of amidine groups is 1. The predicted octanol–water partition coefficient (Wildman–Crippen LogP) is 0.0490. The molecule has 1 atom stereocenters. The lowest BCUT2D eigenvalue weighted by Crippen LogP contribution is -2.53. The Balaban J connectivity index is 1.67. The molecule has 0 aromatic carbocycles. The quantitative estimate of drug-likeness (QED) is 0.753. The van der Waals surface area contributed by atoms with E-state index in [4.69, 9.17) is 9.73 Å². The van der Waals surface area contributed by atoms with E-state index in [9.17, 15) is 0 Å². The molecule has 3 aliphatic rings. The van der Waals surface area contributed by atoms with Crippen molar-refractivity contribution < 1.29 is 4.74 Å². The standard InChI is InChI=1S/C15H27N5O/c1-12(2)13-11-20(4-3-17-13)15-10-16-9-14(18-15)19-5-7-21-8-6-19/h10,12-13,16-17H,3-9,11H2,1-2H3. The van der Waals surface area contributed by atoms with Gasteiger partial charge in [0.25, 0.3) is 0 Å². The van der Waals surface area contributed by atoms with Crippen LogP contribution in [0.15, 0.2) is 17.0 Å². The lowest BCUT2D eigenvalue weighted by atomic mass is 10.0. The number of piperazine rings is 1. The lowest BCUT2D eigenvalue weighted by Gasteiger charge is -2.39. The first-order chi connectivity index (χ1) is 10.2. The van der Waals surface area contributed by atoms with E-state index in [1.165, 1.54) is 0 Å². The molecule has 0 spiro atoms. The molecule has 0 radical (unpaired) electrons. The van der Waals surface area contributed by atoms with Gasteiger partial charge in [0.05, 0.1) is 19.8 Å². The summed E-state index contributed by atoms with van der Waals surface area (Å²) in [7, 11) is 0. The summed E-state index contributed by atoms with van der Waals surface area (Å²) in [6.45, 7) is 12.0. The Kier molecular flexibility index (Phi) is 4.65. The average molecular weight is 293 g/mol. The molecule has 2 fully saturated rings. The Bertz CT molecular complexity index is 414. The molecule has 2 saturated heterocycles. The number of ether oxygens (including phenoxy) is 1. The number of rotatable bonds is 2. The molecule has 0 aromatic rings. The molecule has 3 aliphatic heterocycles. The maximum atomic E-state index is 5.42. The molecule has 3 rings (SSSR count). The first-order valence-corrected chi connectivity index (χ1v) is 8.06. The minimum atomic E-state index is 0.545. The molecule has 0 amide bonds. The number of nitrogens with one attached hydrogen (secondary N) is 2. The van der Waals surface area contributed by atoms with Crippen LogP contribution in [0.3, 0.4) is 0 Å². The number of aliphatic imine (C=N–C) groups is 1. The summed E-state index contributed by atoms with van der Waals surface area (Å²) in [6.07, 6.45) is 2.06. The summed E-state index contributed by atoms with van der Waals surface area (Å²) >= 11 is 0. The zero-order valence-electron chi connectivity index (χ0n) is 13.1. The van der Waals surface area contributed by atoms with Crippen LogP contribution in [-0.4, -0.2) is 74.2 Å². The van der Waals surface area contributed by atoms with Crippen LogP contribution in [0.1, 0.15) is 13.8 Å². The van der Waals surface area contributed by atoms with Gasteiger partial charge < -0.3 is 25.2 Å². The molecular weight excluding hydrogens is 266 g/mol. The molecular formula is C15H27N5O. The third-order valence-electron chi connectivity index (χ3n) is 4.45. The second-order valence-electron chi connectivity index (χ2n) is 6.26. The van der Waals surface area contributed by atoms with E-state index in [0.717, 1.165) is 64.1 Å². The molecule has 0 saturated carbocycles. The second-order valence-corrected chi connectivity index (χ2v) is 6.26. The number of hydrogen-bond acceptors (Lipinski definition) is 6. The van der Waals surface area contributed by atoms with E-state index in [2.05, 4.69) is 40.5 Å². The van der Waals surface area contributed by atoms with Crippen molar-refractivity contribution in [2.24, 2.45) is 10.9 Å². The molecule has 0 aliphatic carbocycles. The van der Waals surface area contributed by atoms with Crippen LogP contribution in [0.25, 0.3) is 0 Å². The Morgan fingerprint density at radius 2 is 2.05 bits per heavy atom. The van der Waals surface area contributed by atoms with Crippen molar-refractivity contribution in [1.82, 2.24) is 20.4 Å². The smallest absolute Gasteiger partial charge is 0.146 e. The zero-order chi connectivity index (χ0) is 14.7. The van der Waals surface area contributed by atoms with E-state index >= 15 is 0 Å². The maximum Gasteiger partial charge on any atom is 0.146 e. The molecule has 6 heteroatoms. The molecule has 0 bridgehead atoms. The first kappa shape index (κ1) is 14.7. The van der Waals surface area contributed by atoms with E-state index in [0.29, 0.717) is 12.0 Å². The van der Waals surface area contributed by atoms with Gasteiger partial charge in [-0.05, 0) is 5.92 Å².